The lowest BCUT2D eigenvalue weighted by Gasteiger charge is -2.28. The summed E-state index contributed by atoms with van der Waals surface area (Å²) in [6.07, 6.45) is 5.21. The number of hydrogen-bond donors (Lipinski definition) is 1. The van der Waals surface area contributed by atoms with E-state index in [1.165, 1.54) is 29.2 Å². The van der Waals surface area contributed by atoms with Gasteiger partial charge >= 0.3 is 0 Å². The summed E-state index contributed by atoms with van der Waals surface area (Å²) in [5.41, 5.74) is 1.31. The van der Waals surface area contributed by atoms with Gasteiger partial charge in [-0.15, -0.1) is 0 Å². The average molecular weight is 516 g/mol. The molecule has 0 atom stereocenters. The molecule has 0 radical (unpaired) electrons. The Hall–Kier alpha value is -3.44. The fourth-order valence-corrected chi connectivity index (χ4v) is 3.74. The van der Waals surface area contributed by atoms with Crippen LogP contribution in [0.2, 0.25) is 5.02 Å². The number of aromatic nitrogens is 1. The standard InChI is InChI=1S/C17H12ClN3O2S.C6H6O3S/c1-20-8-6-11(7-9-20)10-14-15(22)19-17(24)21(16(14)23)13-4-2-12(18)3-5-13;7-10(8,9)6-4-2-1-3-5-6/h2-10H,1H3;1-5H,(H,7,8,9)/b14-10+;. The number of nitrogens with one attached hydrogen (secondary N) is 1. The lowest BCUT2D eigenvalue weighted by molar-refractivity contribution is -0.671. The highest BCUT2D eigenvalue weighted by molar-refractivity contribution is 7.85. The van der Waals surface area contributed by atoms with Crippen molar-refractivity contribution in [3.05, 3.63) is 95.3 Å². The van der Waals surface area contributed by atoms with E-state index in [9.17, 15) is 22.6 Å². The van der Waals surface area contributed by atoms with Crippen LogP contribution in [0, 0.1) is 0 Å². The van der Waals surface area contributed by atoms with Gasteiger partial charge in [0.15, 0.2) is 17.5 Å². The molecule has 1 aliphatic heterocycles. The summed E-state index contributed by atoms with van der Waals surface area (Å²) in [4.78, 5) is 26.0. The highest BCUT2D eigenvalue weighted by atomic mass is 35.5. The summed E-state index contributed by atoms with van der Waals surface area (Å²) < 4.78 is 32.7. The summed E-state index contributed by atoms with van der Waals surface area (Å²) in [5, 5.41) is 3.14. The average Bonchev–Trinajstić information content (AvgIpc) is 2.79. The van der Waals surface area contributed by atoms with Crippen LogP contribution in [0.15, 0.2) is 89.6 Å². The van der Waals surface area contributed by atoms with Crippen molar-refractivity contribution in [3.8, 4) is 0 Å². The van der Waals surface area contributed by atoms with Crippen LogP contribution in [0.5, 0.6) is 0 Å². The number of benzene rings is 2. The second-order valence-corrected chi connectivity index (χ2v) is 9.20. The predicted molar refractivity (Wildman–Crippen MR) is 130 cm³/mol. The third kappa shape index (κ3) is 6.33. The van der Waals surface area contributed by atoms with Gasteiger partial charge in [-0.25, -0.2) is 13.0 Å². The number of anilines is 1. The number of halogens is 1. The Labute approximate surface area is 206 Å². The smallest absolute Gasteiger partial charge is 0.270 e. The fraction of sp³-hybridized carbons (Fsp3) is 0.0435. The molecule has 0 unspecified atom stereocenters. The van der Waals surface area contributed by atoms with E-state index in [1.807, 2.05) is 36.1 Å². The molecule has 2 aromatic carbocycles. The Morgan fingerprint density at radius 3 is 2.12 bits per heavy atom. The van der Waals surface area contributed by atoms with Crippen LogP contribution in [-0.4, -0.2) is 29.9 Å². The third-order valence-electron chi connectivity index (χ3n) is 4.53. The van der Waals surface area contributed by atoms with Crippen molar-refractivity contribution in [3.63, 3.8) is 0 Å². The molecule has 8 nitrogen and oxygen atoms in total. The van der Waals surface area contributed by atoms with Crippen molar-refractivity contribution in [2.45, 2.75) is 4.90 Å². The van der Waals surface area contributed by atoms with E-state index in [-0.39, 0.29) is 15.6 Å². The molecule has 4 rings (SSSR count). The number of carbonyl (C=O) groups is 2. The maximum Gasteiger partial charge on any atom is 0.270 e. The maximum atomic E-state index is 12.8. The van der Waals surface area contributed by atoms with E-state index in [0.717, 1.165) is 5.56 Å². The van der Waals surface area contributed by atoms with Gasteiger partial charge in [0.05, 0.1) is 10.6 Å². The quantitative estimate of drug-likeness (QED) is 0.189. The molecule has 0 spiro atoms. The van der Waals surface area contributed by atoms with Gasteiger partial charge in [-0.3, -0.25) is 19.8 Å². The highest BCUT2D eigenvalue weighted by Gasteiger charge is 2.34. The van der Waals surface area contributed by atoms with Crippen molar-refractivity contribution in [1.29, 1.82) is 0 Å². The monoisotopic (exact) mass is 515 g/mol. The topological polar surface area (TPSA) is 110 Å². The summed E-state index contributed by atoms with van der Waals surface area (Å²) in [6, 6.07) is 17.5. The maximum absolute atomic E-state index is 12.8. The van der Waals surface area contributed by atoms with Crippen molar-refractivity contribution < 1.29 is 27.1 Å². The number of hydrogen-bond acceptors (Lipinski definition) is 6. The predicted octanol–water partition coefficient (Wildman–Crippen LogP) is 2.59. The number of nitrogens with zero attached hydrogens (tertiary/aromatic N) is 2. The molecule has 34 heavy (non-hydrogen) atoms. The van der Waals surface area contributed by atoms with Crippen LogP contribution in [0.3, 0.4) is 0 Å². The summed E-state index contributed by atoms with van der Waals surface area (Å²) in [6.45, 7) is 0. The lowest BCUT2D eigenvalue weighted by Crippen LogP contribution is -2.54. The van der Waals surface area contributed by atoms with Gasteiger partial charge in [0, 0.05) is 17.2 Å². The molecule has 1 aliphatic rings. The van der Waals surface area contributed by atoms with Gasteiger partial charge in [-0.1, -0.05) is 29.8 Å². The van der Waals surface area contributed by atoms with E-state index < -0.39 is 21.9 Å². The van der Waals surface area contributed by atoms with Crippen molar-refractivity contribution >= 4 is 62.6 Å². The fourth-order valence-electron chi connectivity index (χ4n) is 2.84. The molecule has 0 bridgehead atoms. The molecular weight excluding hydrogens is 498 g/mol. The number of rotatable bonds is 3. The number of carbonyl (C=O) groups excluding carboxylic acids is 2. The van der Waals surface area contributed by atoms with Gasteiger partial charge in [-0.05, 0) is 60.3 Å². The SMILES string of the molecule is C[n+]1ccc(/C=C2\C(=O)NC(=S)N(c3ccc(Cl)cc3)C2=O)cc1.O=S(=O)([O-])c1ccccc1. The minimum absolute atomic E-state index is 0.0207. The Kier molecular flexibility index (Phi) is 7.90. The Balaban J connectivity index is 0.000000271. The molecule has 1 saturated heterocycles. The first-order chi connectivity index (χ1) is 16.1. The molecule has 1 N–H and O–H groups in total. The molecule has 2 heterocycles. The Morgan fingerprint density at radius 1 is 1.00 bits per heavy atom. The van der Waals surface area contributed by atoms with Crippen molar-refractivity contribution in [1.82, 2.24) is 5.32 Å². The van der Waals surface area contributed by atoms with E-state index in [0.29, 0.717) is 10.7 Å². The van der Waals surface area contributed by atoms with Gasteiger partial charge in [0.2, 0.25) is 0 Å². The van der Waals surface area contributed by atoms with Gasteiger partial charge in [0.25, 0.3) is 11.8 Å². The first-order valence-electron chi connectivity index (χ1n) is 9.69. The zero-order chi connectivity index (χ0) is 24.9. The van der Waals surface area contributed by atoms with Crippen LogP contribution in [0.25, 0.3) is 6.08 Å². The van der Waals surface area contributed by atoms with E-state index in [1.54, 1.807) is 36.4 Å². The van der Waals surface area contributed by atoms with Crippen molar-refractivity contribution in [2.75, 3.05) is 4.90 Å². The third-order valence-corrected chi connectivity index (χ3v) is 5.92. The molecule has 11 heteroatoms. The normalized spacial score (nSPS) is 15.0. The first-order valence-corrected chi connectivity index (χ1v) is 11.9. The Morgan fingerprint density at radius 2 is 1.59 bits per heavy atom. The zero-order valence-electron chi connectivity index (χ0n) is 17.7. The molecule has 2 amide bonds. The lowest BCUT2D eigenvalue weighted by atomic mass is 10.1. The van der Waals surface area contributed by atoms with Gasteiger partial charge in [0.1, 0.15) is 22.7 Å². The zero-order valence-corrected chi connectivity index (χ0v) is 20.1. The summed E-state index contributed by atoms with van der Waals surface area (Å²) >= 11 is 11.0. The molecule has 174 valence electrons. The number of pyridine rings is 1. The summed E-state index contributed by atoms with van der Waals surface area (Å²) in [5.74, 6) is -0.984. The van der Waals surface area contributed by atoms with Crippen LogP contribution >= 0.6 is 23.8 Å². The minimum atomic E-state index is -4.25. The number of aryl methyl sites for hydroxylation is 1. The summed E-state index contributed by atoms with van der Waals surface area (Å²) in [7, 11) is -2.37. The van der Waals surface area contributed by atoms with E-state index in [4.69, 9.17) is 23.8 Å². The van der Waals surface area contributed by atoms with E-state index in [2.05, 4.69) is 5.32 Å². The van der Waals surface area contributed by atoms with Gasteiger partial charge < -0.3 is 4.55 Å². The van der Waals surface area contributed by atoms with Crippen molar-refractivity contribution in [2.24, 2.45) is 7.05 Å². The number of thiocarbonyl (C=S) groups is 1. The first kappa shape index (κ1) is 25.2. The highest BCUT2D eigenvalue weighted by Crippen LogP contribution is 2.23. The molecule has 0 aliphatic carbocycles. The van der Waals surface area contributed by atoms with Crippen LogP contribution in [0.4, 0.5) is 5.69 Å². The van der Waals surface area contributed by atoms with Crippen LogP contribution in [0.1, 0.15) is 5.56 Å². The van der Waals surface area contributed by atoms with E-state index >= 15 is 0 Å². The second kappa shape index (κ2) is 10.7. The molecule has 0 saturated carbocycles. The molecule has 3 aromatic rings. The molecule has 1 fully saturated rings. The van der Waals surface area contributed by atoms with Crippen LogP contribution < -0.4 is 14.8 Å². The van der Waals surface area contributed by atoms with Gasteiger partial charge in [-0.2, -0.15) is 0 Å². The Bertz CT molecular complexity index is 1360. The molecular formula is C23H18ClN3O5S2. The second-order valence-electron chi connectivity index (χ2n) is 7.00. The largest absolute Gasteiger partial charge is 0.744 e. The molecule has 1 aromatic heterocycles. The van der Waals surface area contributed by atoms with Crippen LogP contribution in [-0.2, 0) is 26.8 Å². The minimum Gasteiger partial charge on any atom is -0.744 e. The number of amides is 2.